The van der Waals surface area contributed by atoms with E-state index in [0.717, 1.165) is 24.8 Å². The van der Waals surface area contributed by atoms with E-state index in [1.807, 2.05) is 26.2 Å². The molecule has 4 fully saturated rings. The van der Waals surface area contributed by atoms with E-state index in [0.29, 0.717) is 18.6 Å². The zero-order valence-corrected chi connectivity index (χ0v) is 19.1. The molecule has 0 N–H and O–H groups in total. The number of carbonyl (C=O) groups is 2. The Morgan fingerprint density at radius 1 is 1.06 bits per heavy atom. The first-order valence-corrected chi connectivity index (χ1v) is 11.7. The number of hydrogen-bond donors (Lipinski definition) is 0. The standard InChI is InChI=1S/C26H32O5/c1-14-16-6-8-24(4)17(15-7-9-29-13-15)10-18(27)22(24)25(16,5)20-12-26(14)19(30-20)11-21(28)31-23(26,2)3/h7,9,13,17,19-20,22H,6,8,10-12H2,1-5H3/t17-,19-,20-,22+,24-,25-,26-/m0/s1. The van der Waals surface area contributed by atoms with Gasteiger partial charge in [0.1, 0.15) is 11.4 Å². The van der Waals surface area contributed by atoms with Crippen molar-refractivity contribution in [1.82, 2.24) is 0 Å². The molecule has 2 saturated heterocycles. The van der Waals surface area contributed by atoms with Crippen LogP contribution < -0.4 is 0 Å². The smallest absolute Gasteiger partial charge is 0.309 e. The highest BCUT2D eigenvalue weighted by molar-refractivity contribution is 5.88. The van der Waals surface area contributed by atoms with Crippen molar-refractivity contribution in [2.75, 3.05) is 0 Å². The molecule has 1 aromatic rings. The van der Waals surface area contributed by atoms with Gasteiger partial charge in [-0.05, 0) is 57.1 Å². The first kappa shape index (κ1) is 19.8. The average Bonchev–Trinajstić information content (AvgIpc) is 3.37. The van der Waals surface area contributed by atoms with Gasteiger partial charge in [0.15, 0.2) is 0 Å². The van der Waals surface area contributed by atoms with Crippen LogP contribution in [-0.2, 0) is 19.1 Å². The third-order valence-electron chi connectivity index (χ3n) is 10.3. The summed E-state index contributed by atoms with van der Waals surface area (Å²) in [7, 11) is 0. The largest absolute Gasteiger partial charge is 0.472 e. The summed E-state index contributed by atoms with van der Waals surface area (Å²) in [4.78, 5) is 26.1. The van der Waals surface area contributed by atoms with Crippen LogP contribution in [0, 0.1) is 22.2 Å². The highest BCUT2D eigenvalue weighted by Gasteiger charge is 2.74. The topological polar surface area (TPSA) is 65.7 Å². The summed E-state index contributed by atoms with van der Waals surface area (Å²) in [6, 6.07) is 2.02. The van der Waals surface area contributed by atoms with Crippen LogP contribution in [0.15, 0.2) is 34.2 Å². The molecule has 3 heterocycles. The Bertz CT molecular complexity index is 1020. The van der Waals surface area contributed by atoms with Gasteiger partial charge >= 0.3 is 5.97 Å². The Morgan fingerprint density at radius 2 is 1.84 bits per heavy atom. The molecule has 2 bridgehead atoms. The van der Waals surface area contributed by atoms with Crippen molar-refractivity contribution in [1.29, 1.82) is 0 Å². The SMILES string of the molecule is CC1=C2CC[C@]3(C)[C@@H](C(=O)C[C@H]3c3ccoc3)[C@]2(C)[C@@H]2C[C@@]13[C@H](CC(=O)OC3(C)C)O2. The molecule has 7 atom stereocenters. The molecule has 3 aliphatic carbocycles. The minimum atomic E-state index is -0.611. The maximum absolute atomic E-state index is 13.7. The van der Waals surface area contributed by atoms with Crippen molar-refractivity contribution in [2.45, 2.75) is 90.4 Å². The zero-order valence-electron chi connectivity index (χ0n) is 19.1. The van der Waals surface area contributed by atoms with E-state index in [1.165, 1.54) is 11.1 Å². The summed E-state index contributed by atoms with van der Waals surface area (Å²) < 4.78 is 18.0. The molecule has 166 valence electrons. The van der Waals surface area contributed by atoms with E-state index in [-0.39, 0.29) is 46.3 Å². The van der Waals surface area contributed by atoms with E-state index in [9.17, 15) is 9.59 Å². The quantitative estimate of drug-likeness (QED) is 0.471. The Labute approximate surface area is 183 Å². The number of furan rings is 1. The Morgan fingerprint density at radius 3 is 2.55 bits per heavy atom. The van der Waals surface area contributed by atoms with Gasteiger partial charge < -0.3 is 13.9 Å². The van der Waals surface area contributed by atoms with E-state index in [1.54, 1.807) is 6.26 Å². The predicted molar refractivity (Wildman–Crippen MR) is 113 cm³/mol. The highest BCUT2D eigenvalue weighted by Crippen LogP contribution is 2.73. The van der Waals surface area contributed by atoms with Crippen LogP contribution in [0.5, 0.6) is 0 Å². The number of ether oxygens (including phenoxy) is 2. The second-order valence-corrected chi connectivity index (χ2v) is 11.6. The molecule has 0 radical (unpaired) electrons. The number of carbonyl (C=O) groups excluding carboxylic acids is 2. The lowest BCUT2D eigenvalue weighted by Crippen LogP contribution is -2.60. The Kier molecular flexibility index (Phi) is 3.65. The lowest BCUT2D eigenvalue weighted by molar-refractivity contribution is -0.192. The second-order valence-electron chi connectivity index (χ2n) is 11.6. The summed E-state index contributed by atoms with van der Waals surface area (Å²) >= 11 is 0. The molecule has 31 heavy (non-hydrogen) atoms. The summed E-state index contributed by atoms with van der Waals surface area (Å²) in [6.45, 7) is 10.9. The van der Waals surface area contributed by atoms with Gasteiger partial charge in [0.05, 0.1) is 36.6 Å². The van der Waals surface area contributed by atoms with Crippen LogP contribution in [0.1, 0.15) is 78.2 Å². The molecule has 5 aliphatic rings. The molecule has 6 rings (SSSR count). The van der Waals surface area contributed by atoms with Crippen LogP contribution >= 0.6 is 0 Å². The fourth-order valence-electron chi connectivity index (χ4n) is 8.92. The fraction of sp³-hybridized carbons (Fsp3) is 0.692. The van der Waals surface area contributed by atoms with Gasteiger partial charge in [0, 0.05) is 23.7 Å². The summed E-state index contributed by atoms with van der Waals surface area (Å²) in [5.74, 6) is 0.271. The van der Waals surface area contributed by atoms with Gasteiger partial charge in [0.2, 0.25) is 0 Å². The number of Topliss-reactive ketones (excluding diaryl/α,β-unsaturated/α-hetero) is 1. The van der Waals surface area contributed by atoms with Crippen molar-refractivity contribution in [3.8, 4) is 0 Å². The first-order valence-electron chi connectivity index (χ1n) is 11.7. The van der Waals surface area contributed by atoms with E-state index in [2.05, 4.69) is 20.8 Å². The molecule has 5 heteroatoms. The minimum absolute atomic E-state index is 0.0679. The molecule has 0 unspecified atom stereocenters. The third kappa shape index (κ3) is 2.08. The lowest BCUT2D eigenvalue weighted by Gasteiger charge is -2.58. The van der Waals surface area contributed by atoms with Crippen molar-refractivity contribution in [3.05, 3.63) is 35.3 Å². The molecule has 5 nitrogen and oxygen atoms in total. The van der Waals surface area contributed by atoms with Crippen LogP contribution in [-0.4, -0.2) is 29.6 Å². The molecule has 1 spiro atoms. The number of hydrogen-bond acceptors (Lipinski definition) is 5. The number of ketones is 1. The predicted octanol–water partition coefficient (Wildman–Crippen LogP) is 4.96. The monoisotopic (exact) mass is 424 g/mol. The molecular formula is C26H32O5. The fourth-order valence-corrected chi connectivity index (χ4v) is 8.92. The molecule has 1 aromatic heterocycles. The van der Waals surface area contributed by atoms with Gasteiger partial charge in [-0.3, -0.25) is 9.59 Å². The van der Waals surface area contributed by atoms with E-state index >= 15 is 0 Å². The maximum atomic E-state index is 13.7. The number of fused-ring (bicyclic) bond motifs is 5. The number of cyclic esters (lactones) is 1. The van der Waals surface area contributed by atoms with Gasteiger partial charge in [-0.2, -0.15) is 0 Å². The molecule has 2 aliphatic heterocycles. The molecule has 0 amide bonds. The summed E-state index contributed by atoms with van der Waals surface area (Å²) in [6.07, 6.45) is 6.92. The van der Waals surface area contributed by atoms with E-state index in [4.69, 9.17) is 13.9 Å². The molecule has 2 saturated carbocycles. The highest BCUT2D eigenvalue weighted by atomic mass is 16.6. The number of rotatable bonds is 1. The lowest BCUT2D eigenvalue weighted by atomic mass is 9.45. The summed E-state index contributed by atoms with van der Waals surface area (Å²) in [5.41, 5.74) is 2.48. The molecule has 0 aromatic carbocycles. The van der Waals surface area contributed by atoms with Crippen molar-refractivity contribution in [3.63, 3.8) is 0 Å². The van der Waals surface area contributed by atoms with Crippen molar-refractivity contribution >= 4 is 11.8 Å². The van der Waals surface area contributed by atoms with Gasteiger partial charge in [-0.1, -0.05) is 25.0 Å². The second kappa shape index (κ2) is 5.72. The van der Waals surface area contributed by atoms with Crippen LogP contribution in [0.3, 0.4) is 0 Å². The summed E-state index contributed by atoms with van der Waals surface area (Å²) in [5, 5.41) is 0. The Balaban J connectivity index is 1.52. The maximum Gasteiger partial charge on any atom is 0.309 e. The molecular weight excluding hydrogens is 392 g/mol. The Hall–Kier alpha value is -1.88. The van der Waals surface area contributed by atoms with Gasteiger partial charge in [-0.15, -0.1) is 0 Å². The number of esters is 1. The van der Waals surface area contributed by atoms with Crippen LogP contribution in [0.4, 0.5) is 0 Å². The van der Waals surface area contributed by atoms with E-state index < -0.39 is 5.60 Å². The van der Waals surface area contributed by atoms with Crippen LogP contribution in [0.25, 0.3) is 0 Å². The third-order valence-corrected chi connectivity index (χ3v) is 10.3. The minimum Gasteiger partial charge on any atom is -0.472 e. The van der Waals surface area contributed by atoms with Crippen molar-refractivity contribution < 1.29 is 23.5 Å². The van der Waals surface area contributed by atoms with Crippen molar-refractivity contribution in [2.24, 2.45) is 22.2 Å². The zero-order chi connectivity index (χ0) is 22.0. The average molecular weight is 425 g/mol. The normalized spacial score (nSPS) is 47.6. The first-order chi connectivity index (χ1) is 14.6. The van der Waals surface area contributed by atoms with Crippen LogP contribution in [0.2, 0.25) is 0 Å². The van der Waals surface area contributed by atoms with Gasteiger partial charge in [-0.25, -0.2) is 0 Å². The van der Waals surface area contributed by atoms with Gasteiger partial charge in [0.25, 0.3) is 0 Å².